The zero-order chi connectivity index (χ0) is 19.1. The SMILES string of the molecule is O=C(CNS(=O)(=O)c1cccs1)NN(Cc1ccccc1)c1ccccc1. The van der Waals surface area contributed by atoms with Crippen LogP contribution in [0.15, 0.2) is 82.4 Å². The number of nitrogens with zero attached hydrogens (tertiary/aromatic N) is 1. The highest BCUT2D eigenvalue weighted by molar-refractivity contribution is 7.91. The highest BCUT2D eigenvalue weighted by Gasteiger charge is 2.18. The topological polar surface area (TPSA) is 78.5 Å². The molecule has 2 N–H and O–H groups in total. The Balaban J connectivity index is 1.67. The summed E-state index contributed by atoms with van der Waals surface area (Å²) >= 11 is 1.10. The van der Waals surface area contributed by atoms with Gasteiger partial charge in [0.25, 0.3) is 15.9 Å². The maximum atomic E-state index is 12.4. The van der Waals surface area contributed by atoms with Crippen molar-refractivity contribution in [1.29, 1.82) is 0 Å². The van der Waals surface area contributed by atoms with Gasteiger partial charge in [-0.2, -0.15) is 0 Å². The minimum atomic E-state index is -3.68. The molecule has 1 heterocycles. The lowest BCUT2D eigenvalue weighted by Gasteiger charge is -2.25. The van der Waals surface area contributed by atoms with Crippen LogP contribution in [0.25, 0.3) is 0 Å². The van der Waals surface area contributed by atoms with Crippen molar-refractivity contribution in [2.75, 3.05) is 11.6 Å². The van der Waals surface area contributed by atoms with Gasteiger partial charge in [0.15, 0.2) is 0 Å². The number of anilines is 1. The lowest BCUT2D eigenvalue weighted by molar-refractivity contribution is -0.120. The summed E-state index contributed by atoms with van der Waals surface area (Å²) < 4.78 is 26.8. The lowest BCUT2D eigenvalue weighted by Crippen LogP contribution is -2.46. The van der Waals surface area contributed by atoms with Crippen LogP contribution in [0.2, 0.25) is 0 Å². The van der Waals surface area contributed by atoms with E-state index in [1.165, 1.54) is 6.07 Å². The van der Waals surface area contributed by atoms with E-state index in [0.717, 1.165) is 22.6 Å². The van der Waals surface area contributed by atoms with Crippen LogP contribution in [-0.2, 0) is 21.4 Å². The number of hydrogen-bond donors (Lipinski definition) is 2. The van der Waals surface area contributed by atoms with Crippen LogP contribution >= 0.6 is 11.3 Å². The molecule has 0 spiro atoms. The Morgan fingerprint density at radius 2 is 1.59 bits per heavy atom. The Hall–Kier alpha value is -2.68. The van der Waals surface area contributed by atoms with Crippen LogP contribution in [0.5, 0.6) is 0 Å². The first-order valence-electron chi connectivity index (χ1n) is 8.24. The van der Waals surface area contributed by atoms with Gasteiger partial charge in [-0.15, -0.1) is 11.3 Å². The first-order valence-corrected chi connectivity index (χ1v) is 10.6. The van der Waals surface area contributed by atoms with Crippen molar-refractivity contribution in [3.63, 3.8) is 0 Å². The van der Waals surface area contributed by atoms with Crippen LogP contribution in [0.4, 0.5) is 5.69 Å². The molecule has 0 aliphatic heterocycles. The van der Waals surface area contributed by atoms with Crippen molar-refractivity contribution >= 4 is 33.0 Å². The summed E-state index contributed by atoms with van der Waals surface area (Å²) in [4.78, 5) is 12.4. The first kappa shape index (κ1) is 19.1. The van der Waals surface area contributed by atoms with E-state index in [1.54, 1.807) is 16.5 Å². The Labute approximate surface area is 162 Å². The van der Waals surface area contributed by atoms with E-state index in [1.807, 2.05) is 60.7 Å². The lowest BCUT2D eigenvalue weighted by atomic mass is 10.2. The number of carbonyl (C=O) groups is 1. The highest BCUT2D eigenvalue weighted by atomic mass is 32.2. The van der Waals surface area contributed by atoms with Crippen LogP contribution in [-0.4, -0.2) is 20.9 Å². The fourth-order valence-corrected chi connectivity index (χ4v) is 4.43. The quantitative estimate of drug-likeness (QED) is 0.569. The van der Waals surface area contributed by atoms with Gasteiger partial charge >= 0.3 is 0 Å². The van der Waals surface area contributed by atoms with Gasteiger partial charge in [-0.05, 0) is 29.1 Å². The third kappa shape index (κ3) is 5.40. The first-order chi connectivity index (χ1) is 13.0. The number of thiophene rings is 1. The Bertz CT molecular complexity index is 960. The van der Waals surface area contributed by atoms with Crippen molar-refractivity contribution < 1.29 is 13.2 Å². The number of benzene rings is 2. The molecule has 0 fully saturated rings. The molecule has 140 valence electrons. The van der Waals surface area contributed by atoms with Gasteiger partial charge in [0, 0.05) is 0 Å². The number of hydrogen-bond acceptors (Lipinski definition) is 5. The maximum absolute atomic E-state index is 12.4. The Morgan fingerprint density at radius 3 is 2.22 bits per heavy atom. The Kier molecular flexibility index (Phi) is 6.23. The van der Waals surface area contributed by atoms with E-state index in [9.17, 15) is 13.2 Å². The number of carbonyl (C=O) groups excluding carboxylic acids is 1. The van der Waals surface area contributed by atoms with Gasteiger partial charge in [-0.1, -0.05) is 54.6 Å². The van der Waals surface area contributed by atoms with E-state index >= 15 is 0 Å². The third-order valence-corrected chi connectivity index (χ3v) is 6.49. The summed E-state index contributed by atoms with van der Waals surface area (Å²) in [5.41, 5.74) is 4.59. The van der Waals surface area contributed by atoms with Gasteiger partial charge in [0.2, 0.25) is 0 Å². The van der Waals surface area contributed by atoms with Gasteiger partial charge < -0.3 is 0 Å². The molecule has 0 unspecified atom stereocenters. The molecule has 0 bridgehead atoms. The van der Waals surface area contributed by atoms with Crippen molar-refractivity contribution in [3.8, 4) is 0 Å². The summed E-state index contributed by atoms with van der Waals surface area (Å²) in [6.45, 7) is 0.104. The molecule has 0 aliphatic carbocycles. The van der Waals surface area contributed by atoms with Gasteiger partial charge in [-0.3, -0.25) is 15.2 Å². The van der Waals surface area contributed by atoms with Crippen LogP contribution in [0.3, 0.4) is 0 Å². The standard InChI is InChI=1S/C19H19N3O3S2/c23-18(14-20-27(24,25)19-12-7-13-26-19)21-22(17-10-5-2-6-11-17)15-16-8-3-1-4-9-16/h1-13,20H,14-15H2,(H,21,23). The molecule has 27 heavy (non-hydrogen) atoms. The van der Waals surface area contributed by atoms with Gasteiger partial charge in [0.05, 0.1) is 18.8 Å². The van der Waals surface area contributed by atoms with Crippen molar-refractivity contribution in [2.45, 2.75) is 10.8 Å². The molecule has 6 nitrogen and oxygen atoms in total. The number of amides is 1. The largest absolute Gasteiger partial charge is 0.281 e. The fraction of sp³-hybridized carbons (Fsp3) is 0.105. The monoisotopic (exact) mass is 401 g/mol. The molecule has 0 saturated carbocycles. The zero-order valence-electron chi connectivity index (χ0n) is 14.4. The molecule has 2 aromatic carbocycles. The molecule has 0 aliphatic rings. The predicted molar refractivity (Wildman–Crippen MR) is 107 cm³/mol. The second-order valence-electron chi connectivity index (χ2n) is 5.70. The van der Waals surface area contributed by atoms with E-state index in [-0.39, 0.29) is 10.8 Å². The average molecular weight is 402 g/mol. The normalized spacial score (nSPS) is 11.1. The van der Waals surface area contributed by atoms with E-state index < -0.39 is 15.9 Å². The number of nitrogens with one attached hydrogen (secondary N) is 2. The van der Waals surface area contributed by atoms with Crippen LogP contribution in [0.1, 0.15) is 5.56 Å². The summed E-state index contributed by atoms with van der Waals surface area (Å²) in [6, 6.07) is 22.2. The average Bonchev–Trinajstić information content (AvgIpc) is 3.23. The van der Waals surface area contributed by atoms with Crippen LogP contribution in [0, 0.1) is 0 Å². The third-order valence-electron chi connectivity index (χ3n) is 3.69. The molecule has 8 heteroatoms. The second kappa shape index (κ2) is 8.81. The molecular formula is C19H19N3O3S2. The highest BCUT2D eigenvalue weighted by Crippen LogP contribution is 2.16. The minimum Gasteiger partial charge on any atom is -0.281 e. The molecule has 1 aromatic heterocycles. The minimum absolute atomic E-state index is 0.180. The van der Waals surface area contributed by atoms with Crippen molar-refractivity contribution in [1.82, 2.24) is 10.1 Å². The van der Waals surface area contributed by atoms with Gasteiger partial charge in [-0.25, -0.2) is 13.1 Å². The molecule has 3 rings (SSSR count). The van der Waals surface area contributed by atoms with Crippen molar-refractivity contribution in [2.24, 2.45) is 0 Å². The molecule has 0 radical (unpaired) electrons. The van der Waals surface area contributed by atoms with Crippen molar-refractivity contribution in [3.05, 3.63) is 83.7 Å². The fourth-order valence-electron chi connectivity index (χ4n) is 2.41. The smallest absolute Gasteiger partial charge is 0.253 e. The predicted octanol–water partition coefficient (Wildman–Crippen LogP) is 2.76. The van der Waals surface area contributed by atoms with Gasteiger partial charge in [0.1, 0.15) is 4.21 Å². The summed E-state index contributed by atoms with van der Waals surface area (Å²) in [5, 5.41) is 3.36. The number of sulfonamides is 1. The summed E-state index contributed by atoms with van der Waals surface area (Å²) in [7, 11) is -3.68. The summed E-state index contributed by atoms with van der Waals surface area (Å²) in [5.74, 6) is -0.449. The summed E-state index contributed by atoms with van der Waals surface area (Å²) in [6.07, 6.45) is 0. The second-order valence-corrected chi connectivity index (χ2v) is 8.64. The van der Waals surface area contributed by atoms with E-state index in [0.29, 0.717) is 6.54 Å². The van der Waals surface area contributed by atoms with E-state index in [2.05, 4.69) is 10.1 Å². The molecule has 0 atom stereocenters. The molecule has 1 amide bonds. The number of hydrazine groups is 1. The molecule has 3 aromatic rings. The molecular weight excluding hydrogens is 382 g/mol. The number of para-hydroxylation sites is 1. The number of rotatable bonds is 8. The Morgan fingerprint density at radius 1 is 0.926 bits per heavy atom. The molecule has 0 saturated heterocycles. The maximum Gasteiger partial charge on any atom is 0.253 e. The van der Waals surface area contributed by atoms with E-state index in [4.69, 9.17) is 0 Å². The zero-order valence-corrected chi connectivity index (χ0v) is 16.0. The van der Waals surface area contributed by atoms with Crippen LogP contribution < -0.4 is 15.2 Å².